The first kappa shape index (κ1) is 14.5. The van der Waals surface area contributed by atoms with Gasteiger partial charge in [-0.2, -0.15) is 0 Å². The predicted molar refractivity (Wildman–Crippen MR) is 94.9 cm³/mol. The van der Waals surface area contributed by atoms with Gasteiger partial charge in [-0.05, 0) is 27.8 Å². The average molecular weight is 297 g/mol. The van der Waals surface area contributed by atoms with Gasteiger partial charge in [0.05, 0.1) is 0 Å². The lowest BCUT2D eigenvalue weighted by Gasteiger charge is -2.13. The van der Waals surface area contributed by atoms with E-state index in [1.54, 1.807) is 0 Å². The monoisotopic (exact) mass is 297 g/mol. The summed E-state index contributed by atoms with van der Waals surface area (Å²) in [6, 6.07) is 31.5. The van der Waals surface area contributed by atoms with E-state index in [4.69, 9.17) is 0 Å². The third-order valence-electron chi connectivity index (χ3n) is 3.66. The molecule has 0 spiro atoms. The maximum atomic E-state index is 3.86. The fraction of sp³-hybridized carbons (Fsp3) is 0.0476. The number of benzene rings is 3. The maximum absolute atomic E-state index is 3.86. The van der Waals surface area contributed by atoms with E-state index >= 15 is 0 Å². The summed E-state index contributed by atoms with van der Waals surface area (Å²) in [7, 11) is 3.86. The molecule has 0 N–H and O–H groups in total. The van der Waals surface area contributed by atoms with E-state index in [1.807, 2.05) is 6.07 Å². The molecule has 0 amide bonds. The Balaban J connectivity index is 2.04. The summed E-state index contributed by atoms with van der Waals surface area (Å²) >= 11 is 0. The van der Waals surface area contributed by atoms with E-state index in [1.165, 1.54) is 22.3 Å². The molecular weight excluding hydrogens is 280 g/mol. The van der Waals surface area contributed by atoms with E-state index < -0.39 is 0 Å². The molecule has 3 rings (SSSR count). The van der Waals surface area contributed by atoms with Gasteiger partial charge in [0, 0.05) is 10.2 Å². The third-order valence-corrected chi connectivity index (χ3v) is 4.16. The summed E-state index contributed by atoms with van der Waals surface area (Å²) in [6.07, 6.45) is 2.27. The molecular formula is C21H17Si. The van der Waals surface area contributed by atoms with Crippen LogP contribution >= 0.6 is 0 Å². The summed E-state index contributed by atoms with van der Waals surface area (Å²) in [5, 5.41) is 0. The van der Waals surface area contributed by atoms with Crippen molar-refractivity contribution < 1.29 is 0 Å². The molecule has 3 radical (unpaired) electrons. The second-order valence-electron chi connectivity index (χ2n) is 5.20. The summed E-state index contributed by atoms with van der Waals surface area (Å²) in [6.45, 7) is 0. The standard InChI is InChI=1S/C21H17Si/c22-21(19-14-8-3-9-15-19)16-20(17-10-4-1-5-11-17)18-12-6-2-7-13-18/h1-16,21H. The Bertz CT molecular complexity index is 689. The van der Waals surface area contributed by atoms with E-state index in [9.17, 15) is 0 Å². The van der Waals surface area contributed by atoms with E-state index in [-0.39, 0.29) is 5.54 Å². The van der Waals surface area contributed by atoms with Gasteiger partial charge < -0.3 is 0 Å². The van der Waals surface area contributed by atoms with Crippen molar-refractivity contribution in [3.63, 3.8) is 0 Å². The summed E-state index contributed by atoms with van der Waals surface area (Å²) in [5.74, 6) is 0. The van der Waals surface area contributed by atoms with Gasteiger partial charge in [0.15, 0.2) is 0 Å². The Morgan fingerprint density at radius 2 is 1.05 bits per heavy atom. The van der Waals surface area contributed by atoms with Crippen molar-refractivity contribution in [3.05, 3.63) is 114 Å². The van der Waals surface area contributed by atoms with Crippen LogP contribution in [0.5, 0.6) is 0 Å². The zero-order chi connectivity index (χ0) is 15.2. The van der Waals surface area contributed by atoms with Gasteiger partial charge in [-0.3, -0.25) is 0 Å². The zero-order valence-electron chi connectivity index (χ0n) is 12.3. The Labute approximate surface area is 135 Å². The lowest BCUT2D eigenvalue weighted by atomic mass is 9.95. The van der Waals surface area contributed by atoms with Crippen LogP contribution in [0.3, 0.4) is 0 Å². The minimum absolute atomic E-state index is 0.177. The summed E-state index contributed by atoms with van der Waals surface area (Å²) in [4.78, 5) is 0. The number of hydrogen-bond acceptors (Lipinski definition) is 0. The van der Waals surface area contributed by atoms with Crippen LogP contribution in [0, 0.1) is 0 Å². The van der Waals surface area contributed by atoms with Crippen LogP contribution < -0.4 is 0 Å². The first-order valence-corrected chi connectivity index (χ1v) is 8.01. The van der Waals surface area contributed by atoms with Gasteiger partial charge in [0.2, 0.25) is 0 Å². The van der Waals surface area contributed by atoms with Crippen LogP contribution in [0.2, 0.25) is 0 Å². The summed E-state index contributed by atoms with van der Waals surface area (Å²) in [5.41, 5.74) is 5.13. The van der Waals surface area contributed by atoms with Crippen molar-refractivity contribution in [3.8, 4) is 0 Å². The molecule has 0 saturated heterocycles. The van der Waals surface area contributed by atoms with Gasteiger partial charge >= 0.3 is 0 Å². The zero-order valence-corrected chi connectivity index (χ0v) is 13.3. The third kappa shape index (κ3) is 3.44. The fourth-order valence-electron chi connectivity index (χ4n) is 2.52. The highest BCUT2D eigenvalue weighted by Crippen LogP contribution is 2.27. The maximum Gasteiger partial charge on any atom is 0.0388 e. The SMILES string of the molecule is [Si]C(C=C(c1ccccc1)c1ccccc1)c1ccccc1. The first-order chi connectivity index (χ1) is 10.8. The molecule has 0 fully saturated rings. The van der Waals surface area contributed by atoms with Gasteiger partial charge in [0.1, 0.15) is 0 Å². The Morgan fingerprint density at radius 1 is 0.636 bits per heavy atom. The Morgan fingerprint density at radius 3 is 1.50 bits per heavy atom. The van der Waals surface area contributed by atoms with Crippen molar-refractivity contribution in [2.24, 2.45) is 0 Å². The van der Waals surface area contributed by atoms with Crippen molar-refractivity contribution in [2.45, 2.75) is 5.54 Å². The average Bonchev–Trinajstić information content (AvgIpc) is 2.62. The normalized spacial score (nSPS) is 11.7. The Hall–Kier alpha value is -2.38. The highest BCUT2D eigenvalue weighted by atomic mass is 28.1. The quantitative estimate of drug-likeness (QED) is 0.593. The number of rotatable bonds is 4. The molecule has 0 aliphatic carbocycles. The highest BCUT2D eigenvalue weighted by molar-refractivity contribution is 6.14. The largest absolute Gasteiger partial charge is 0.0721 e. The van der Waals surface area contributed by atoms with Crippen molar-refractivity contribution in [2.75, 3.05) is 0 Å². The van der Waals surface area contributed by atoms with Crippen LogP contribution in [0.4, 0.5) is 0 Å². The second kappa shape index (κ2) is 7.06. The molecule has 3 aromatic rings. The van der Waals surface area contributed by atoms with Crippen LogP contribution in [-0.2, 0) is 0 Å². The first-order valence-electron chi connectivity index (χ1n) is 7.43. The molecule has 0 aliphatic heterocycles. The molecule has 1 unspecified atom stereocenters. The predicted octanol–water partition coefficient (Wildman–Crippen LogP) is 5.03. The van der Waals surface area contributed by atoms with E-state index in [0.29, 0.717) is 0 Å². The topological polar surface area (TPSA) is 0 Å². The molecule has 22 heavy (non-hydrogen) atoms. The van der Waals surface area contributed by atoms with Crippen LogP contribution in [0.15, 0.2) is 97.1 Å². The Kier molecular flexibility index (Phi) is 4.67. The molecule has 0 nitrogen and oxygen atoms in total. The molecule has 105 valence electrons. The van der Waals surface area contributed by atoms with Gasteiger partial charge in [0.25, 0.3) is 0 Å². The van der Waals surface area contributed by atoms with Crippen molar-refractivity contribution in [1.82, 2.24) is 0 Å². The molecule has 0 heterocycles. The fourth-order valence-corrected chi connectivity index (χ4v) is 2.88. The number of hydrogen-bond donors (Lipinski definition) is 0. The molecule has 0 aliphatic rings. The van der Waals surface area contributed by atoms with Gasteiger partial charge in [-0.1, -0.05) is 97.1 Å². The van der Waals surface area contributed by atoms with Crippen LogP contribution in [0.25, 0.3) is 5.57 Å². The highest BCUT2D eigenvalue weighted by Gasteiger charge is 2.08. The smallest absolute Gasteiger partial charge is 0.0388 e. The number of allylic oxidation sites excluding steroid dienone is 1. The van der Waals surface area contributed by atoms with Gasteiger partial charge in [-0.15, -0.1) is 0 Å². The van der Waals surface area contributed by atoms with E-state index in [2.05, 4.69) is 101 Å². The van der Waals surface area contributed by atoms with Crippen LogP contribution in [-0.4, -0.2) is 10.2 Å². The van der Waals surface area contributed by atoms with Crippen LogP contribution in [0.1, 0.15) is 22.2 Å². The molecule has 3 aromatic carbocycles. The van der Waals surface area contributed by atoms with Crippen molar-refractivity contribution >= 4 is 15.8 Å². The van der Waals surface area contributed by atoms with Gasteiger partial charge in [-0.25, -0.2) is 0 Å². The minimum atomic E-state index is 0.177. The lowest BCUT2D eigenvalue weighted by Crippen LogP contribution is -1.97. The van der Waals surface area contributed by atoms with Crippen molar-refractivity contribution in [1.29, 1.82) is 0 Å². The molecule has 1 heteroatoms. The second-order valence-corrected chi connectivity index (χ2v) is 5.82. The lowest BCUT2D eigenvalue weighted by molar-refractivity contribution is 1.21. The molecule has 0 bridgehead atoms. The molecule has 0 saturated carbocycles. The minimum Gasteiger partial charge on any atom is -0.0721 e. The van der Waals surface area contributed by atoms with E-state index in [0.717, 1.165) is 0 Å². The summed E-state index contributed by atoms with van der Waals surface area (Å²) < 4.78 is 0. The molecule has 0 aromatic heterocycles. The molecule has 1 atom stereocenters.